The number of methoxy groups -OCH3 is 1. The molecule has 0 bridgehead atoms. The summed E-state index contributed by atoms with van der Waals surface area (Å²) in [6, 6.07) is 5.32. The van der Waals surface area contributed by atoms with E-state index in [4.69, 9.17) is 14.6 Å². The molecule has 0 aliphatic carbocycles. The van der Waals surface area contributed by atoms with Crippen molar-refractivity contribution in [3.63, 3.8) is 0 Å². The maximum atomic E-state index is 12.6. The summed E-state index contributed by atoms with van der Waals surface area (Å²) in [5, 5.41) is 6.27. The third-order valence-corrected chi connectivity index (χ3v) is 6.36. The van der Waals surface area contributed by atoms with Crippen LogP contribution < -0.4 is 9.47 Å². The minimum absolute atomic E-state index is 0.00282. The van der Waals surface area contributed by atoms with Gasteiger partial charge in [0.1, 0.15) is 0 Å². The number of thioether (sulfide) groups is 1. The van der Waals surface area contributed by atoms with Crippen molar-refractivity contribution in [2.75, 3.05) is 40.1 Å². The summed E-state index contributed by atoms with van der Waals surface area (Å²) in [7, 11) is 1.52. The van der Waals surface area contributed by atoms with E-state index in [1.807, 2.05) is 13.0 Å². The average Bonchev–Trinajstić information content (AvgIpc) is 2.74. The van der Waals surface area contributed by atoms with E-state index >= 15 is 0 Å². The largest absolute Gasteiger partial charge is 0.493 e. The Kier molecular flexibility index (Phi) is 7.56. The first-order valence-corrected chi connectivity index (χ1v) is 10.7. The monoisotopic (exact) mass is 409 g/mol. The van der Waals surface area contributed by atoms with Crippen LogP contribution in [0.15, 0.2) is 23.3 Å². The fraction of sp³-hybridized carbons (Fsp3) is 0.600. The molecule has 2 aliphatic heterocycles. The van der Waals surface area contributed by atoms with Crippen molar-refractivity contribution in [2.24, 2.45) is 5.10 Å². The molecule has 0 saturated carbocycles. The number of rotatable bonds is 8. The number of piperidine rings is 1. The molecule has 1 aromatic carbocycles. The van der Waals surface area contributed by atoms with Crippen molar-refractivity contribution in [1.29, 1.82) is 0 Å². The first kappa shape index (κ1) is 20.9. The number of hydrogen-bond acceptors (Lipinski definition) is 6. The Bertz CT molecular complexity index is 710. The number of likely N-dealkylation sites (tertiary alicyclic amines) is 1. The molecule has 28 heavy (non-hydrogen) atoms. The highest BCUT2D eigenvalue weighted by atomic mass is 32.2. The molecule has 0 aromatic heterocycles. The second-order valence-corrected chi connectivity index (χ2v) is 8.06. The number of hydrogen-bond donors (Lipinski definition) is 0. The van der Waals surface area contributed by atoms with Gasteiger partial charge in [-0.05, 0) is 50.6 Å². The summed E-state index contributed by atoms with van der Waals surface area (Å²) in [5.74, 6) is 0.804. The van der Waals surface area contributed by atoms with Crippen LogP contribution in [-0.4, -0.2) is 66.3 Å². The number of benzene rings is 1. The standard InChI is InChI=1S/C20H28FN3O3S/c1-3-18-19(15-7-8-16(27-14-21)17(13-15)26-2)22-24(20(25)28-18)12-11-23-9-5-4-6-10-23/h7-8,13,18H,3-6,9-12,14H2,1-2H3. The van der Waals surface area contributed by atoms with E-state index < -0.39 is 6.86 Å². The Morgan fingerprint density at radius 2 is 2.00 bits per heavy atom. The molecule has 0 spiro atoms. The predicted octanol–water partition coefficient (Wildman–Crippen LogP) is 4.14. The maximum Gasteiger partial charge on any atom is 0.302 e. The highest BCUT2D eigenvalue weighted by molar-refractivity contribution is 8.14. The molecule has 6 nitrogen and oxygen atoms in total. The van der Waals surface area contributed by atoms with Crippen LogP contribution in [0.2, 0.25) is 0 Å². The summed E-state index contributed by atoms with van der Waals surface area (Å²) in [4.78, 5) is 15.0. The summed E-state index contributed by atoms with van der Waals surface area (Å²) in [6.07, 6.45) is 4.53. The Balaban J connectivity index is 1.80. The number of halogens is 1. The molecule has 1 fully saturated rings. The Morgan fingerprint density at radius 1 is 1.21 bits per heavy atom. The first-order valence-electron chi connectivity index (χ1n) is 9.82. The minimum Gasteiger partial charge on any atom is -0.493 e. The van der Waals surface area contributed by atoms with E-state index in [1.165, 1.54) is 38.1 Å². The SMILES string of the molecule is CCC1SC(=O)N(CCN2CCCCC2)N=C1c1ccc(OCF)c(OC)c1. The van der Waals surface area contributed by atoms with Gasteiger partial charge in [-0.3, -0.25) is 4.79 Å². The zero-order valence-electron chi connectivity index (χ0n) is 16.5. The van der Waals surface area contributed by atoms with Gasteiger partial charge in [-0.25, -0.2) is 9.40 Å². The summed E-state index contributed by atoms with van der Waals surface area (Å²) in [5.41, 5.74) is 1.70. The first-order chi connectivity index (χ1) is 13.7. The number of carbonyl (C=O) groups is 1. The molecular weight excluding hydrogens is 381 g/mol. The molecule has 2 aliphatic rings. The fourth-order valence-corrected chi connectivity index (χ4v) is 4.52. The van der Waals surface area contributed by atoms with Crippen LogP contribution in [0.3, 0.4) is 0 Å². The summed E-state index contributed by atoms with van der Waals surface area (Å²) >= 11 is 1.32. The molecule has 0 N–H and O–H groups in total. The lowest BCUT2D eigenvalue weighted by Crippen LogP contribution is -2.41. The van der Waals surface area contributed by atoms with Crippen LogP contribution in [0.25, 0.3) is 0 Å². The molecular formula is C20H28FN3O3S. The van der Waals surface area contributed by atoms with Gasteiger partial charge in [-0.2, -0.15) is 5.10 Å². The number of nitrogens with zero attached hydrogens (tertiary/aromatic N) is 3. The van der Waals surface area contributed by atoms with Gasteiger partial charge in [0.05, 0.1) is 24.6 Å². The molecule has 154 valence electrons. The van der Waals surface area contributed by atoms with Crippen molar-refractivity contribution in [1.82, 2.24) is 9.91 Å². The topological polar surface area (TPSA) is 54.4 Å². The van der Waals surface area contributed by atoms with E-state index in [1.54, 1.807) is 17.1 Å². The Morgan fingerprint density at radius 3 is 2.68 bits per heavy atom. The van der Waals surface area contributed by atoms with Gasteiger partial charge in [-0.1, -0.05) is 25.1 Å². The maximum absolute atomic E-state index is 12.6. The molecule has 1 atom stereocenters. The third-order valence-electron chi connectivity index (χ3n) is 5.10. The molecule has 1 amide bonds. The molecule has 0 radical (unpaired) electrons. The summed E-state index contributed by atoms with van der Waals surface area (Å²) in [6.45, 7) is 4.75. The quantitative estimate of drug-likeness (QED) is 0.646. The van der Waals surface area contributed by atoms with Crippen molar-refractivity contribution in [3.05, 3.63) is 23.8 Å². The smallest absolute Gasteiger partial charge is 0.302 e. The molecule has 1 aromatic rings. The summed E-state index contributed by atoms with van der Waals surface area (Å²) < 4.78 is 22.8. The minimum atomic E-state index is -0.914. The number of carbonyl (C=O) groups excluding carboxylic acids is 1. The molecule has 8 heteroatoms. The van der Waals surface area contributed by atoms with Gasteiger partial charge in [0.2, 0.25) is 6.86 Å². The molecule has 2 heterocycles. The molecule has 1 unspecified atom stereocenters. The molecule has 1 saturated heterocycles. The van der Waals surface area contributed by atoms with Gasteiger partial charge in [-0.15, -0.1) is 0 Å². The van der Waals surface area contributed by atoms with E-state index in [9.17, 15) is 9.18 Å². The van der Waals surface area contributed by atoms with Crippen molar-refractivity contribution in [2.45, 2.75) is 37.9 Å². The number of alkyl halides is 1. The van der Waals surface area contributed by atoms with Crippen molar-refractivity contribution in [3.8, 4) is 11.5 Å². The van der Waals surface area contributed by atoms with Crippen molar-refractivity contribution >= 4 is 22.7 Å². The van der Waals surface area contributed by atoms with Crippen LogP contribution in [0, 0.1) is 0 Å². The zero-order valence-corrected chi connectivity index (χ0v) is 17.3. The van der Waals surface area contributed by atoms with Crippen molar-refractivity contribution < 1.29 is 18.7 Å². The highest BCUT2D eigenvalue weighted by Crippen LogP contribution is 2.33. The average molecular weight is 410 g/mol. The lowest BCUT2D eigenvalue weighted by Gasteiger charge is -2.31. The van der Waals surface area contributed by atoms with Gasteiger partial charge in [0.15, 0.2) is 11.5 Å². The van der Waals surface area contributed by atoms with Gasteiger partial charge in [0, 0.05) is 12.1 Å². The van der Waals surface area contributed by atoms with Crippen LogP contribution in [0.4, 0.5) is 9.18 Å². The zero-order chi connectivity index (χ0) is 19.9. The predicted molar refractivity (Wildman–Crippen MR) is 110 cm³/mol. The second kappa shape index (κ2) is 10.1. The van der Waals surface area contributed by atoms with Gasteiger partial charge in [0.25, 0.3) is 0 Å². The van der Waals surface area contributed by atoms with Gasteiger partial charge >= 0.3 is 5.24 Å². The van der Waals surface area contributed by atoms with E-state index in [0.717, 1.165) is 37.3 Å². The van der Waals surface area contributed by atoms with Crippen LogP contribution in [-0.2, 0) is 0 Å². The van der Waals surface area contributed by atoms with Crippen LogP contribution in [0.5, 0.6) is 11.5 Å². The normalized spacial score (nSPS) is 20.8. The highest BCUT2D eigenvalue weighted by Gasteiger charge is 2.30. The van der Waals surface area contributed by atoms with Crippen LogP contribution >= 0.6 is 11.8 Å². The Hall–Kier alpha value is -1.80. The van der Waals surface area contributed by atoms with Crippen LogP contribution in [0.1, 0.15) is 38.2 Å². The van der Waals surface area contributed by atoms with E-state index in [2.05, 4.69) is 4.90 Å². The Labute approximate surface area is 170 Å². The number of hydrazone groups is 1. The fourth-order valence-electron chi connectivity index (χ4n) is 3.56. The lowest BCUT2D eigenvalue weighted by atomic mass is 10.0. The number of ether oxygens (including phenoxy) is 2. The van der Waals surface area contributed by atoms with Gasteiger partial charge < -0.3 is 14.4 Å². The molecule has 3 rings (SSSR count). The third kappa shape index (κ3) is 4.97. The number of amides is 1. The second-order valence-electron chi connectivity index (χ2n) is 6.91. The lowest BCUT2D eigenvalue weighted by molar-refractivity contribution is 0.184. The van der Waals surface area contributed by atoms with E-state index in [0.29, 0.717) is 18.0 Å². The van der Waals surface area contributed by atoms with E-state index in [-0.39, 0.29) is 10.5 Å².